The molecule has 2 aromatic carbocycles. The van der Waals surface area contributed by atoms with Crippen molar-refractivity contribution in [3.63, 3.8) is 0 Å². The van der Waals surface area contributed by atoms with Gasteiger partial charge in [-0.05, 0) is 50.1 Å². The first-order valence-corrected chi connectivity index (χ1v) is 7.68. The molecule has 0 bridgehead atoms. The van der Waals surface area contributed by atoms with Crippen molar-refractivity contribution in [1.82, 2.24) is 4.98 Å². The Morgan fingerprint density at radius 3 is 2.43 bits per heavy atom. The quantitative estimate of drug-likeness (QED) is 0.741. The number of fused-ring (bicyclic) bond motifs is 1. The Hall–Kier alpha value is -2.07. The topological polar surface area (TPSA) is 34.1 Å². The summed E-state index contributed by atoms with van der Waals surface area (Å²) in [4.78, 5) is 4.64. The monoisotopic (exact) mass is 298 g/mol. The van der Waals surface area contributed by atoms with E-state index >= 15 is 0 Å². The van der Waals surface area contributed by atoms with E-state index in [9.17, 15) is 0 Å². The van der Waals surface area contributed by atoms with Crippen LogP contribution in [0, 0.1) is 20.8 Å². The minimum absolute atomic E-state index is 0.861. The van der Waals surface area contributed by atoms with E-state index in [0.29, 0.717) is 0 Å². The van der Waals surface area contributed by atoms with Crippen molar-refractivity contribution in [2.75, 3.05) is 12.4 Å². The summed E-state index contributed by atoms with van der Waals surface area (Å²) in [6.45, 7) is 6.37. The molecule has 0 atom stereocenters. The van der Waals surface area contributed by atoms with Crippen LogP contribution in [0.4, 0.5) is 10.8 Å². The second kappa shape index (κ2) is 5.37. The lowest BCUT2D eigenvalue weighted by molar-refractivity contribution is 0.415. The van der Waals surface area contributed by atoms with E-state index in [1.54, 1.807) is 18.4 Å². The smallest absolute Gasteiger partial charge is 0.188 e. The molecule has 3 rings (SSSR count). The van der Waals surface area contributed by atoms with E-state index in [1.165, 1.54) is 16.7 Å². The average Bonchev–Trinajstić information content (AvgIpc) is 2.84. The van der Waals surface area contributed by atoms with Gasteiger partial charge in [-0.25, -0.2) is 4.98 Å². The number of aryl methyl sites for hydroxylation is 3. The highest BCUT2D eigenvalue weighted by molar-refractivity contribution is 7.22. The molecule has 1 heterocycles. The Kier molecular flexibility index (Phi) is 3.55. The van der Waals surface area contributed by atoms with Crippen molar-refractivity contribution in [2.45, 2.75) is 20.8 Å². The van der Waals surface area contributed by atoms with Gasteiger partial charge in [0, 0.05) is 5.69 Å². The normalized spacial score (nSPS) is 10.9. The lowest BCUT2D eigenvalue weighted by atomic mass is 10.1. The van der Waals surface area contributed by atoms with Crippen molar-refractivity contribution in [3.05, 3.63) is 47.0 Å². The third-order valence-corrected chi connectivity index (χ3v) is 4.44. The number of rotatable bonds is 3. The Bertz CT molecular complexity index is 785. The SMILES string of the molecule is COc1ccc2nc(Nc3c(C)cc(C)cc3C)sc2c1. The first-order chi connectivity index (χ1) is 10.1. The molecule has 0 unspecified atom stereocenters. The van der Waals surface area contributed by atoms with Crippen molar-refractivity contribution in [3.8, 4) is 5.75 Å². The van der Waals surface area contributed by atoms with Gasteiger partial charge in [0.15, 0.2) is 5.13 Å². The molecule has 4 heteroatoms. The standard InChI is InChI=1S/C17H18N2OS/c1-10-7-11(2)16(12(3)8-10)19-17-18-14-6-5-13(20-4)9-15(14)21-17/h5-9H,1-4H3,(H,18,19). The predicted molar refractivity (Wildman–Crippen MR) is 90.1 cm³/mol. The molecule has 0 aliphatic carbocycles. The predicted octanol–water partition coefficient (Wildman–Crippen LogP) is 4.97. The van der Waals surface area contributed by atoms with Gasteiger partial charge < -0.3 is 10.1 Å². The second-order valence-corrected chi connectivity index (χ2v) is 6.28. The fourth-order valence-electron chi connectivity index (χ4n) is 2.57. The van der Waals surface area contributed by atoms with E-state index in [4.69, 9.17) is 4.74 Å². The van der Waals surface area contributed by atoms with Crippen molar-refractivity contribution in [1.29, 1.82) is 0 Å². The van der Waals surface area contributed by atoms with Gasteiger partial charge in [-0.1, -0.05) is 29.0 Å². The summed E-state index contributed by atoms with van der Waals surface area (Å²) in [6, 6.07) is 10.3. The molecule has 0 saturated carbocycles. The Morgan fingerprint density at radius 2 is 1.76 bits per heavy atom. The van der Waals surface area contributed by atoms with E-state index in [2.05, 4.69) is 43.2 Å². The number of hydrogen-bond acceptors (Lipinski definition) is 4. The summed E-state index contributed by atoms with van der Waals surface area (Å²) in [6.07, 6.45) is 0. The number of anilines is 2. The van der Waals surface area contributed by atoms with Crippen LogP contribution in [0.25, 0.3) is 10.2 Å². The van der Waals surface area contributed by atoms with Crippen LogP contribution in [0.1, 0.15) is 16.7 Å². The van der Waals surface area contributed by atoms with Gasteiger partial charge in [0.05, 0.1) is 17.3 Å². The summed E-state index contributed by atoms with van der Waals surface area (Å²) in [5.41, 5.74) is 5.90. The lowest BCUT2D eigenvalue weighted by Gasteiger charge is -2.11. The number of nitrogens with one attached hydrogen (secondary N) is 1. The van der Waals surface area contributed by atoms with Crippen LogP contribution in [-0.2, 0) is 0 Å². The van der Waals surface area contributed by atoms with E-state index < -0.39 is 0 Å². The molecule has 108 valence electrons. The van der Waals surface area contributed by atoms with Gasteiger partial charge in [0.2, 0.25) is 0 Å². The van der Waals surface area contributed by atoms with Gasteiger partial charge in [-0.2, -0.15) is 0 Å². The maximum absolute atomic E-state index is 5.26. The van der Waals surface area contributed by atoms with Gasteiger partial charge in [0.1, 0.15) is 5.75 Å². The van der Waals surface area contributed by atoms with Gasteiger partial charge in [-0.3, -0.25) is 0 Å². The zero-order chi connectivity index (χ0) is 15.0. The highest BCUT2D eigenvalue weighted by Gasteiger charge is 2.09. The molecule has 0 aliphatic rings. The second-order valence-electron chi connectivity index (χ2n) is 5.25. The minimum atomic E-state index is 0.861. The van der Waals surface area contributed by atoms with E-state index in [1.807, 2.05) is 18.2 Å². The zero-order valence-corrected chi connectivity index (χ0v) is 13.5. The summed E-state index contributed by atoms with van der Waals surface area (Å²) in [5, 5.41) is 4.37. The molecule has 0 radical (unpaired) electrons. The molecule has 21 heavy (non-hydrogen) atoms. The molecule has 0 saturated heterocycles. The molecule has 1 aromatic heterocycles. The van der Waals surface area contributed by atoms with E-state index in [0.717, 1.165) is 26.8 Å². The Labute approximate surface area is 128 Å². The van der Waals surface area contributed by atoms with Crippen LogP contribution < -0.4 is 10.1 Å². The van der Waals surface area contributed by atoms with Crippen LogP contribution in [0.2, 0.25) is 0 Å². The molecule has 3 nitrogen and oxygen atoms in total. The maximum Gasteiger partial charge on any atom is 0.188 e. The van der Waals surface area contributed by atoms with Crippen molar-refractivity contribution in [2.24, 2.45) is 0 Å². The molecular formula is C17H18N2OS. The Morgan fingerprint density at radius 1 is 1.05 bits per heavy atom. The summed E-state index contributed by atoms with van der Waals surface area (Å²) in [7, 11) is 1.68. The largest absolute Gasteiger partial charge is 0.497 e. The molecular weight excluding hydrogens is 280 g/mol. The van der Waals surface area contributed by atoms with Crippen molar-refractivity contribution >= 4 is 32.4 Å². The van der Waals surface area contributed by atoms with Crippen LogP contribution in [-0.4, -0.2) is 12.1 Å². The third-order valence-electron chi connectivity index (χ3n) is 3.50. The van der Waals surface area contributed by atoms with E-state index in [-0.39, 0.29) is 0 Å². The first-order valence-electron chi connectivity index (χ1n) is 6.86. The molecule has 0 spiro atoms. The van der Waals surface area contributed by atoms with Crippen LogP contribution in [0.15, 0.2) is 30.3 Å². The molecule has 1 N–H and O–H groups in total. The fourth-order valence-corrected chi connectivity index (χ4v) is 3.47. The average molecular weight is 298 g/mol. The Balaban J connectivity index is 1.98. The summed E-state index contributed by atoms with van der Waals surface area (Å²) >= 11 is 1.64. The number of nitrogens with zero attached hydrogens (tertiary/aromatic N) is 1. The maximum atomic E-state index is 5.26. The molecule has 3 aromatic rings. The van der Waals surface area contributed by atoms with Gasteiger partial charge in [0.25, 0.3) is 0 Å². The number of thiazole rings is 1. The first kappa shape index (κ1) is 13.9. The minimum Gasteiger partial charge on any atom is -0.497 e. The lowest BCUT2D eigenvalue weighted by Crippen LogP contribution is -1.96. The third kappa shape index (κ3) is 2.72. The van der Waals surface area contributed by atoms with Gasteiger partial charge >= 0.3 is 0 Å². The number of benzene rings is 2. The van der Waals surface area contributed by atoms with Gasteiger partial charge in [-0.15, -0.1) is 0 Å². The fraction of sp³-hybridized carbons (Fsp3) is 0.235. The number of ether oxygens (including phenoxy) is 1. The van der Waals surface area contributed by atoms with Crippen LogP contribution >= 0.6 is 11.3 Å². The highest BCUT2D eigenvalue weighted by atomic mass is 32.1. The number of hydrogen-bond donors (Lipinski definition) is 1. The molecule has 0 amide bonds. The molecule has 0 fully saturated rings. The zero-order valence-electron chi connectivity index (χ0n) is 12.7. The molecule has 0 aliphatic heterocycles. The van der Waals surface area contributed by atoms with Crippen molar-refractivity contribution < 1.29 is 4.74 Å². The number of methoxy groups -OCH3 is 1. The number of aromatic nitrogens is 1. The highest BCUT2D eigenvalue weighted by Crippen LogP contribution is 2.33. The van der Waals surface area contributed by atoms with Crippen LogP contribution in [0.3, 0.4) is 0 Å². The summed E-state index contributed by atoms with van der Waals surface area (Å²) < 4.78 is 6.38. The summed E-state index contributed by atoms with van der Waals surface area (Å²) in [5.74, 6) is 0.861. The van der Waals surface area contributed by atoms with Crippen LogP contribution in [0.5, 0.6) is 5.75 Å².